The number of rotatable bonds is 3. The average Bonchev–Trinajstić information content (AvgIpc) is 3.42. The van der Waals surface area contributed by atoms with Crippen LogP contribution in [-0.4, -0.2) is 20.4 Å². The number of fused-ring (bicyclic) bond motifs is 1. The predicted molar refractivity (Wildman–Crippen MR) is 117 cm³/mol. The van der Waals surface area contributed by atoms with Crippen LogP contribution in [0.1, 0.15) is 36.9 Å². The maximum absolute atomic E-state index is 4.92. The summed E-state index contributed by atoms with van der Waals surface area (Å²) >= 11 is 0. The molecule has 4 nitrogen and oxygen atoms in total. The van der Waals surface area contributed by atoms with Gasteiger partial charge in [-0.2, -0.15) is 0 Å². The maximum Gasteiger partial charge on any atom is 0.139 e. The average molecular weight is 378 g/mol. The largest absolute Gasteiger partial charge is 0.367 e. The molecule has 1 saturated carbocycles. The van der Waals surface area contributed by atoms with E-state index in [-0.39, 0.29) is 0 Å². The topological polar surface area (TPSA) is 42.2 Å². The number of benzene rings is 1. The Bertz CT molecular complexity index is 1190. The molecule has 0 spiro atoms. The van der Waals surface area contributed by atoms with E-state index in [2.05, 4.69) is 44.9 Å². The van der Waals surface area contributed by atoms with Crippen molar-refractivity contribution in [2.75, 3.05) is 5.32 Å². The van der Waals surface area contributed by atoms with Gasteiger partial charge in [-0.1, -0.05) is 43.0 Å². The normalized spacial score (nSPS) is 13.9. The lowest BCUT2D eigenvalue weighted by atomic mass is 10.1. The lowest BCUT2D eigenvalue weighted by molar-refractivity contribution is 0.749. The van der Waals surface area contributed by atoms with Crippen molar-refractivity contribution in [3.63, 3.8) is 0 Å². The van der Waals surface area contributed by atoms with Gasteiger partial charge in [0.15, 0.2) is 0 Å². The molecule has 1 aromatic carbocycles. The van der Waals surface area contributed by atoms with E-state index >= 15 is 0 Å². The monoisotopic (exact) mass is 378 g/mol. The van der Waals surface area contributed by atoms with Gasteiger partial charge in [0, 0.05) is 29.6 Å². The van der Waals surface area contributed by atoms with Gasteiger partial charge < -0.3 is 5.32 Å². The Morgan fingerprint density at radius 2 is 1.83 bits per heavy atom. The predicted octanol–water partition coefficient (Wildman–Crippen LogP) is 5.15. The molecule has 1 aliphatic carbocycles. The number of pyridine rings is 2. The van der Waals surface area contributed by atoms with Gasteiger partial charge >= 0.3 is 0 Å². The molecule has 0 atom stereocenters. The van der Waals surface area contributed by atoms with Gasteiger partial charge in [-0.05, 0) is 55.2 Å². The van der Waals surface area contributed by atoms with Crippen LogP contribution < -0.4 is 5.32 Å². The van der Waals surface area contributed by atoms with Gasteiger partial charge in [-0.3, -0.25) is 4.40 Å². The van der Waals surface area contributed by atoms with Crippen molar-refractivity contribution in [1.29, 1.82) is 0 Å². The van der Waals surface area contributed by atoms with Gasteiger partial charge in [0.25, 0.3) is 0 Å². The fourth-order valence-corrected chi connectivity index (χ4v) is 3.92. The molecule has 4 aromatic rings. The standard InChI is InChI=1S/C25H22N4/c1-2-12-22(11-1)27-25-24(28-23-13-4-6-17-29(23)25)20-9-7-8-19(18-20)14-15-21-10-3-5-16-26-21/h3-10,13,16-18,22,27H,1-2,11-12H2. The lowest BCUT2D eigenvalue weighted by Crippen LogP contribution is -2.16. The minimum Gasteiger partial charge on any atom is -0.367 e. The molecular formula is C25H22N4. The first-order valence-corrected chi connectivity index (χ1v) is 10.1. The van der Waals surface area contributed by atoms with Gasteiger partial charge in [0.05, 0.1) is 0 Å². The third-order valence-electron chi connectivity index (χ3n) is 5.36. The summed E-state index contributed by atoms with van der Waals surface area (Å²) in [4.78, 5) is 9.20. The lowest BCUT2D eigenvalue weighted by Gasteiger charge is -2.15. The first kappa shape index (κ1) is 17.5. The smallest absolute Gasteiger partial charge is 0.139 e. The Morgan fingerprint density at radius 1 is 0.931 bits per heavy atom. The summed E-state index contributed by atoms with van der Waals surface area (Å²) in [5.41, 5.74) is 4.73. The van der Waals surface area contributed by atoms with Crippen molar-refractivity contribution in [2.24, 2.45) is 0 Å². The number of nitrogens with zero attached hydrogens (tertiary/aromatic N) is 3. The van der Waals surface area contributed by atoms with Crippen LogP contribution in [0.2, 0.25) is 0 Å². The molecule has 5 rings (SSSR count). The zero-order chi connectivity index (χ0) is 19.5. The van der Waals surface area contributed by atoms with Crippen molar-refractivity contribution in [2.45, 2.75) is 31.7 Å². The van der Waals surface area contributed by atoms with Crippen molar-refractivity contribution in [3.8, 4) is 23.1 Å². The summed E-state index contributed by atoms with van der Waals surface area (Å²) in [6.45, 7) is 0. The van der Waals surface area contributed by atoms with E-state index in [4.69, 9.17) is 4.98 Å². The maximum atomic E-state index is 4.92. The van der Waals surface area contributed by atoms with E-state index in [1.165, 1.54) is 25.7 Å². The quantitative estimate of drug-likeness (QED) is 0.501. The molecule has 142 valence electrons. The zero-order valence-corrected chi connectivity index (χ0v) is 16.2. The number of hydrogen-bond donors (Lipinski definition) is 1. The Labute approximate surface area is 170 Å². The fraction of sp³-hybridized carbons (Fsp3) is 0.200. The molecule has 0 amide bonds. The number of hydrogen-bond acceptors (Lipinski definition) is 3. The molecule has 3 aromatic heterocycles. The molecule has 0 unspecified atom stereocenters. The van der Waals surface area contributed by atoms with E-state index in [0.717, 1.165) is 34.0 Å². The second kappa shape index (κ2) is 7.81. The van der Waals surface area contributed by atoms with Crippen LogP contribution >= 0.6 is 0 Å². The van der Waals surface area contributed by atoms with E-state index in [1.54, 1.807) is 6.20 Å². The van der Waals surface area contributed by atoms with Crippen LogP contribution in [0.25, 0.3) is 16.9 Å². The first-order valence-electron chi connectivity index (χ1n) is 10.1. The molecule has 1 aliphatic rings. The van der Waals surface area contributed by atoms with Crippen LogP contribution in [0.15, 0.2) is 73.1 Å². The molecule has 3 heterocycles. The highest BCUT2D eigenvalue weighted by Gasteiger charge is 2.20. The highest BCUT2D eigenvalue weighted by Crippen LogP contribution is 2.32. The molecule has 0 bridgehead atoms. The Kier molecular flexibility index (Phi) is 4.72. The van der Waals surface area contributed by atoms with Crippen LogP contribution in [0, 0.1) is 11.8 Å². The van der Waals surface area contributed by atoms with E-state index in [0.29, 0.717) is 6.04 Å². The second-order valence-electron chi connectivity index (χ2n) is 7.41. The fourth-order valence-electron chi connectivity index (χ4n) is 3.92. The van der Waals surface area contributed by atoms with Gasteiger partial charge in [0.1, 0.15) is 22.9 Å². The third kappa shape index (κ3) is 3.72. The van der Waals surface area contributed by atoms with E-state index in [9.17, 15) is 0 Å². The summed E-state index contributed by atoms with van der Waals surface area (Å²) in [6, 6.07) is 20.7. The number of anilines is 1. The van der Waals surface area contributed by atoms with E-state index < -0.39 is 0 Å². The summed E-state index contributed by atoms with van der Waals surface area (Å²) in [6.07, 6.45) is 8.86. The molecule has 0 aliphatic heterocycles. The number of imidazole rings is 1. The Hall–Kier alpha value is -3.58. The summed E-state index contributed by atoms with van der Waals surface area (Å²) < 4.78 is 2.15. The van der Waals surface area contributed by atoms with Gasteiger partial charge in [-0.15, -0.1) is 0 Å². The zero-order valence-electron chi connectivity index (χ0n) is 16.2. The summed E-state index contributed by atoms with van der Waals surface area (Å²) in [5.74, 6) is 7.44. The SMILES string of the molecule is C(#Cc1ccccn1)c1cccc(-c2nc3ccccn3c2NC2CCCC2)c1. The van der Waals surface area contributed by atoms with Crippen molar-refractivity contribution >= 4 is 11.5 Å². The van der Waals surface area contributed by atoms with Gasteiger partial charge in [-0.25, -0.2) is 9.97 Å². The minimum absolute atomic E-state index is 0.515. The molecule has 1 fully saturated rings. The van der Waals surface area contributed by atoms with Crippen LogP contribution in [0.3, 0.4) is 0 Å². The van der Waals surface area contributed by atoms with Crippen molar-refractivity contribution in [1.82, 2.24) is 14.4 Å². The molecule has 1 N–H and O–H groups in total. The molecule has 0 saturated heterocycles. The molecule has 29 heavy (non-hydrogen) atoms. The summed E-state index contributed by atoms with van der Waals surface area (Å²) in [7, 11) is 0. The Balaban J connectivity index is 1.54. The van der Waals surface area contributed by atoms with Crippen molar-refractivity contribution in [3.05, 3.63) is 84.3 Å². The highest BCUT2D eigenvalue weighted by atomic mass is 15.1. The van der Waals surface area contributed by atoms with Crippen LogP contribution in [-0.2, 0) is 0 Å². The Morgan fingerprint density at radius 3 is 2.69 bits per heavy atom. The molecule has 4 heteroatoms. The molecular weight excluding hydrogens is 356 g/mol. The minimum atomic E-state index is 0.515. The first-order chi connectivity index (χ1) is 14.4. The van der Waals surface area contributed by atoms with Crippen LogP contribution in [0.4, 0.5) is 5.82 Å². The van der Waals surface area contributed by atoms with Crippen LogP contribution in [0.5, 0.6) is 0 Å². The van der Waals surface area contributed by atoms with Gasteiger partial charge in [0.2, 0.25) is 0 Å². The third-order valence-corrected chi connectivity index (χ3v) is 5.36. The van der Waals surface area contributed by atoms with Crippen molar-refractivity contribution < 1.29 is 0 Å². The van der Waals surface area contributed by atoms with E-state index in [1.807, 2.05) is 48.5 Å². The second-order valence-corrected chi connectivity index (χ2v) is 7.41. The molecule has 0 radical (unpaired) electrons. The highest BCUT2D eigenvalue weighted by molar-refractivity contribution is 5.77. The number of aromatic nitrogens is 3. The number of nitrogens with one attached hydrogen (secondary N) is 1. The summed E-state index contributed by atoms with van der Waals surface area (Å²) in [5, 5.41) is 3.76.